The van der Waals surface area contributed by atoms with E-state index in [1.165, 1.54) is 13.1 Å². The Morgan fingerprint density at radius 1 is 1.19 bits per heavy atom. The van der Waals surface area contributed by atoms with Gasteiger partial charge in [0.25, 0.3) is 5.91 Å². The number of ether oxygens (including phenoxy) is 2. The second-order valence-electron chi connectivity index (χ2n) is 7.13. The summed E-state index contributed by atoms with van der Waals surface area (Å²) in [6, 6.07) is -0.733. The van der Waals surface area contributed by atoms with Crippen molar-refractivity contribution >= 4 is 17.7 Å². The lowest BCUT2D eigenvalue weighted by atomic mass is 9.93. The van der Waals surface area contributed by atoms with E-state index in [2.05, 4.69) is 35.4 Å². The molecule has 0 radical (unpaired) electrons. The molecule has 0 bridgehead atoms. The molecule has 1 aliphatic rings. The fourth-order valence-corrected chi connectivity index (χ4v) is 3.03. The van der Waals surface area contributed by atoms with Gasteiger partial charge < -0.3 is 30.5 Å². The zero-order chi connectivity index (χ0) is 22.8. The van der Waals surface area contributed by atoms with Crippen molar-refractivity contribution in [3.8, 4) is 0 Å². The van der Waals surface area contributed by atoms with Gasteiger partial charge in [-0.05, 0) is 32.6 Å². The molecule has 1 aromatic heterocycles. The third kappa shape index (κ3) is 9.19. The molecule has 4 N–H and O–H groups in total. The molecule has 0 saturated heterocycles. The summed E-state index contributed by atoms with van der Waals surface area (Å²) in [7, 11) is 0. The fraction of sp³-hybridized carbons (Fsp3) is 0.722. The number of halogens is 4. The van der Waals surface area contributed by atoms with Gasteiger partial charge in [-0.15, -0.1) is 0 Å². The summed E-state index contributed by atoms with van der Waals surface area (Å²) in [5.41, 5.74) is 0.0874. The number of aliphatic hydroxyl groups is 1. The number of nitrogens with zero attached hydrogens (tertiary/aromatic N) is 2. The van der Waals surface area contributed by atoms with Crippen molar-refractivity contribution in [1.29, 1.82) is 0 Å². The molecule has 176 valence electrons. The molecule has 0 aliphatic heterocycles. The molecule has 31 heavy (non-hydrogen) atoms. The molecule has 1 fully saturated rings. The first-order valence-electron chi connectivity index (χ1n) is 9.90. The van der Waals surface area contributed by atoms with Crippen molar-refractivity contribution in [2.24, 2.45) is 0 Å². The third-order valence-corrected chi connectivity index (χ3v) is 4.55. The van der Waals surface area contributed by atoms with Gasteiger partial charge in [0.1, 0.15) is 11.4 Å². The van der Waals surface area contributed by atoms with E-state index in [0.29, 0.717) is 25.7 Å². The van der Waals surface area contributed by atoms with Gasteiger partial charge in [-0.3, -0.25) is 4.79 Å². The predicted octanol–water partition coefficient (Wildman–Crippen LogP) is 2.20. The number of carbonyl (C=O) groups is 1. The lowest BCUT2D eigenvalue weighted by Gasteiger charge is -2.27. The topological polar surface area (TPSA) is 118 Å². The highest BCUT2D eigenvalue weighted by Crippen LogP contribution is 2.23. The van der Waals surface area contributed by atoms with Crippen LogP contribution in [-0.4, -0.2) is 72.2 Å². The molecule has 1 aromatic rings. The van der Waals surface area contributed by atoms with Crippen LogP contribution in [0.25, 0.3) is 0 Å². The van der Waals surface area contributed by atoms with Crippen LogP contribution in [0.3, 0.4) is 0 Å². The molecule has 13 heteroatoms. The normalized spacial score (nSPS) is 20.0. The van der Waals surface area contributed by atoms with Crippen LogP contribution in [0.4, 0.5) is 29.3 Å². The Hall–Kier alpha value is -2.25. The van der Waals surface area contributed by atoms with E-state index in [1.807, 2.05) is 0 Å². The monoisotopic (exact) mass is 453 g/mol. The molecule has 0 aromatic carbocycles. The van der Waals surface area contributed by atoms with Gasteiger partial charge in [0.05, 0.1) is 19.3 Å². The molecular weight excluding hydrogens is 426 g/mol. The van der Waals surface area contributed by atoms with E-state index in [-0.39, 0.29) is 49.2 Å². The van der Waals surface area contributed by atoms with Crippen LogP contribution in [0, 0.1) is 0 Å². The summed E-state index contributed by atoms with van der Waals surface area (Å²) in [5, 5.41) is 18.1. The summed E-state index contributed by atoms with van der Waals surface area (Å²) in [5.74, 6) is -0.286. The van der Waals surface area contributed by atoms with Gasteiger partial charge in [-0.1, -0.05) is 0 Å². The number of aliphatic hydroxyl groups excluding tert-OH is 1. The number of aromatic nitrogens is 2. The lowest BCUT2D eigenvalue weighted by molar-refractivity contribution is -0.132. The van der Waals surface area contributed by atoms with E-state index >= 15 is 0 Å². The molecule has 1 saturated carbocycles. The molecule has 0 spiro atoms. The van der Waals surface area contributed by atoms with Crippen LogP contribution in [0.15, 0.2) is 6.20 Å². The van der Waals surface area contributed by atoms with Gasteiger partial charge in [0.15, 0.2) is 0 Å². The van der Waals surface area contributed by atoms with Crippen LogP contribution >= 0.6 is 0 Å². The van der Waals surface area contributed by atoms with E-state index in [4.69, 9.17) is 0 Å². The average molecular weight is 453 g/mol. The van der Waals surface area contributed by atoms with Crippen molar-refractivity contribution in [2.45, 2.75) is 64.0 Å². The number of nitrogens with one attached hydrogen (secondary N) is 3. The first-order chi connectivity index (χ1) is 14.7. The highest BCUT2D eigenvalue weighted by Gasteiger charge is 2.23. The first-order valence-corrected chi connectivity index (χ1v) is 9.90. The van der Waals surface area contributed by atoms with Gasteiger partial charge in [-0.25, -0.2) is 4.98 Å². The maximum Gasteiger partial charge on any atom is 0.345 e. The van der Waals surface area contributed by atoms with Crippen molar-refractivity contribution in [3.05, 3.63) is 11.8 Å². The maximum absolute atomic E-state index is 12.6. The Balaban J connectivity index is 2.07. The van der Waals surface area contributed by atoms with Crippen molar-refractivity contribution < 1.29 is 36.9 Å². The van der Waals surface area contributed by atoms with Crippen LogP contribution in [0.2, 0.25) is 0 Å². The van der Waals surface area contributed by atoms with Crippen LogP contribution in [0.1, 0.15) is 43.0 Å². The van der Waals surface area contributed by atoms with Crippen molar-refractivity contribution in [1.82, 2.24) is 15.3 Å². The number of rotatable bonds is 12. The second kappa shape index (κ2) is 12.6. The Morgan fingerprint density at radius 3 is 2.52 bits per heavy atom. The Kier molecular flexibility index (Phi) is 10.1. The van der Waals surface area contributed by atoms with E-state index in [1.54, 1.807) is 0 Å². The summed E-state index contributed by atoms with van der Waals surface area (Å²) in [6.07, 6.45) is 3.41. The summed E-state index contributed by atoms with van der Waals surface area (Å²) < 4.78 is 56.8. The average Bonchev–Trinajstić information content (AvgIpc) is 2.71. The highest BCUT2D eigenvalue weighted by molar-refractivity contribution is 5.98. The number of hydrogen-bond donors (Lipinski definition) is 4. The predicted molar refractivity (Wildman–Crippen MR) is 103 cm³/mol. The Labute approximate surface area is 176 Å². The molecular formula is C18H27F4N5O4. The number of carbonyl (C=O) groups excluding carboxylic acids is 1. The van der Waals surface area contributed by atoms with Crippen molar-refractivity contribution in [2.75, 3.05) is 30.4 Å². The number of amides is 1. The standard InChI is InChI=1S/C18H27F4N5O4/c1-10(9-31-17(21)22)25-15(29)13-8-24-18(23-6-7-30-16(19)20)27-14(13)26-11-2-4-12(28)5-3-11/h8,10-12,16-17,28H,2-7,9H2,1H3,(H,25,29)(H2,23,24,26,27)/t10-,11?,12?/m1/s1. The Morgan fingerprint density at radius 2 is 1.87 bits per heavy atom. The summed E-state index contributed by atoms with van der Waals surface area (Å²) >= 11 is 0. The Bertz CT molecular complexity index is 693. The van der Waals surface area contributed by atoms with Crippen molar-refractivity contribution in [3.63, 3.8) is 0 Å². The minimum atomic E-state index is -2.94. The number of alkyl halides is 4. The molecule has 0 unspecified atom stereocenters. The smallest absolute Gasteiger partial charge is 0.345 e. The van der Waals surface area contributed by atoms with E-state index in [9.17, 15) is 27.5 Å². The van der Waals surface area contributed by atoms with Crippen LogP contribution in [-0.2, 0) is 9.47 Å². The van der Waals surface area contributed by atoms with Gasteiger partial charge in [-0.2, -0.15) is 22.5 Å². The summed E-state index contributed by atoms with van der Waals surface area (Å²) in [6.45, 7) is -4.95. The van der Waals surface area contributed by atoms with Gasteiger partial charge >= 0.3 is 13.2 Å². The molecule has 9 nitrogen and oxygen atoms in total. The SMILES string of the molecule is C[C@H](COC(F)F)NC(=O)c1cnc(NCCOC(F)F)nc1NC1CCC(O)CC1. The van der Waals surface area contributed by atoms with Crippen LogP contribution < -0.4 is 16.0 Å². The van der Waals surface area contributed by atoms with Crippen LogP contribution in [0.5, 0.6) is 0 Å². The number of anilines is 2. The number of hydrogen-bond acceptors (Lipinski definition) is 8. The molecule has 1 heterocycles. The summed E-state index contributed by atoms with van der Waals surface area (Å²) in [4.78, 5) is 20.9. The zero-order valence-corrected chi connectivity index (χ0v) is 17.0. The lowest BCUT2D eigenvalue weighted by Crippen LogP contribution is -2.37. The largest absolute Gasteiger partial charge is 0.393 e. The van der Waals surface area contributed by atoms with E-state index < -0.39 is 25.2 Å². The minimum absolute atomic E-state index is 0.0208. The molecule has 2 rings (SSSR count). The first kappa shape index (κ1) is 25.0. The molecule has 1 atom stereocenters. The van der Waals surface area contributed by atoms with Gasteiger partial charge in [0.2, 0.25) is 5.95 Å². The molecule has 1 amide bonds. The van der Waals surface area contributed by atoms with Gasteiger partial charge in [0, 0.05) is 24.8 Å². The van der Waals surface area contributed by atoms with E-state index in [0.717, 1.165) is 0 Å². The maximum atomic E-state index is 12.6. The second-order valence-corrected chi connectivity index (χ2v) is 7.13. The minimum Gasteiger partial charge on any atom is -0.393 e. The fourth-order valence-electron chi connectivity index (χ4n) is 3.03. The molecule has 1 aliphatic carbocycles. The highest BCUT2D eigenvalue weighted by atomic mass is 19.3. The zero-order valence-electron chi connectivity index (χ0n) is 17.0. The third-order valence-electron chi connectivity index (χ3n) is 4.55. The quantitative estimate of drug-likeness (QED) is 0.281.